The number of hydrogen-bond donors (Lipinski definition) is 1. The van der Waals surface area contributed by atoms with Crippen LogP contribution in [0.1, 0.15) is 135 Å². The minimum Gasteiger partial charge on any atom is -0.507 e. The molecule has 0 atom stereocenters. The average molecular weight is 1160 g/mol. The normalized spacial score (nSPS) is 11.2. The molecule has 388 valence electrons. The van der Waals surface area contributed by atoms with Gasteiger partial charge >= 0.3 is 21.1 Å². The van der Waals surface area contributed by atoms with E-state index in [1.54, 1.807) is 0 Å². The fourth-order valence-corrected chi connectivity index (χ4v) is 8.62. The first kappa shape index (κ1) is 62.0. The van der Waals surface area contributed by atoms with Gasteiger partial charge in [0.05, 0.1) is 0 Å². The van der Waals surface area contributed by atoms with E-state index in [-0.39, 0.29) is 50.2 Å². The molecule has 0 aliphatic rings. The van der Waals surface area contributed by atoms with E-state index >= 15 is 0 Å². The molecule has 0 saturated carbocycles. The van der Waals surface area contributed by atoms with Crippen molar-refractivity contribution in [2.75, 3.05) is 0 Å². The number of phenols is 1. The molecular weight excluding hydrogens is 1080 g/mol. The monoisotopic (exact) mass is 1160 g/mol. The van der Waals surface area contributed by atoms with Crippen LogP contribution in [0.5, 0.6) is 5.75 Å². The van der Waals surface area contributed by atoms with Crippen LogP contribution in [0.2, 0.25) is 0 Å². The molecule has 0 unspecified atom stereocenters. The molecule has 8 aromatic rings. The summed E-state index contributed by atoms with van der Waals surface area (Å²) in [5, 5.41) is 10.3. The Balaban J connectivity index is 0.000000319. The predicted octanol–water partition coefficient (Wildman–Crippen LogP) is 19.7. The number of nitrogens with zero attached hydrogens (tertiary/aromatic N) is 1. The molecule has 1 aromatic heterocycles. The molecule has 7 aromatic carbocycles. The van der Waals surface area contributed by atoms with E-state index in [9.17, 15) is 5.11 Å². The van der Waals surface area contributed by atoms with Gasteiger partial charge in [-0.3, -0.25) is 4.98 Å². The second-order valence-electron chi connectivity index (χ2n) is 23.1. The van der Waals surface area contributed by atoms with Crippen LogP contribution in [0, 0.1) is 47.1 Å². The van der Waals surface area contributed by atoms with Crippen LogP contribution in [0.3, 0.4) is 0 Å². The summed E-state index contributed by atoms with van der Waals surface area (Å²) in [4.78, 5) is 4.98. The number of phenolic OH excluding ortho intramolecular Hbond substituents is 1. The third kappa shape index (κ3) is 15.9. The third-order valence-corrected chi connectivity index (χ3v) is 13.4. The van der Waals surface area contributed by atoms with Crippen molar-refractivity contribution in [3.05, 3.63) is 222 Å². The van der Waals surface area contributed by atoms with E-state index in [1.165, 1.54) is 66.8 Å². The molecule has 0 aliphatic heterocycles. The number of benzene rings is 7. The summed E-state index contributed by atoms with van der Waals surface area (Å²) in [5.74, 6) is 0.480. The van der Waals surface area contributed by atoms with Gasteiger partial charge in [0.15, 0.2) is 0 Å². The molecule has 1 heterocycles. The number of terminal acetylenes is 1. The molecule has 3 heteroatoms. The van der Waals surface area contributed by atoms with E-state index in [1.807, 2.05) is 6.20 Å². The van der Waals surface area contributed by atoms with Crippen LogP contribution in [0.15, 0.2) is 164 Å². The van der Waals surface area contributed by atoms with Gasteiger partial charge in [0.1, 0.15) is 5.75 Å². The van der Waals surface area contributed by atoms with Crippen molar-refractivity contribution in [2.45, 2.75) is 139 Å². The Morgan fingerprint density at radius 2 is 0.932 bits per heavy atom. The Morgan fingerprint density at radius 3 is 1.42 bits per heavy atom. The number of aryl methyl sites for hydroxylation is 3. The fraction of sp³-hybridized carbons (Fsp3) is 0.296. The number of rotatable bonds is 6. The summed E-state index contributed by atoms with van der Waals surface area (Å²) in [7, 11) is 0. The van der Waals surface area contributed by atoms with Crippen molar-refractivity contribution in [1.29, 1.82) is 0 Å². The van der Waals surface area contributed by atoms with Crippen molar-refractivity contribution < 1.29 is 26.2 Å². The Bertz CT molecular complexity index is 3060. The summed E-state index contributed by atoms with van der Waals surface area (Å²) in [5.41, 5.74) is 21.9. The quantitative estimate of drug-likeness (QED) is 0.133. The maximum absolute atomic E-state index is 10.3. The van der Waals surface area contributed by atoms with Gasteiger partial charge in [-0.15, -0.1) is 42.2 Å². The van der Waals surface area contributed by atoms with Crippen LogP contribution >= 0.6 is 0 Å². The van der Waals surface area contributed by atoms with Crippen LogP contribution in [0.25, 0.3) is 55.8 Å². The number of aromatic hydroxyl groups is 1. The fourth-order valence-electron chi connectivity index (χ4n) is 8.62. The predicted molar refractivity (Wildman–Crippen MR) is 319 cm³/mol. The van der Waals surface area contributed by atoms with Crippen molar-refractivity contribution in [3.8, 4) is 74.4 Å². The second-order valence-corrected chi connectivity index (χ2v) is 23.1. The van der Waals surface area contributed by atoms with E-state index in [0.29, 0.717) is 5.75 Å². The average Bonchev–Trinajstić information content (AvgIpc) is 3.35. The van der Waals surface area contributed by atoms with Gasteiger partial charge in [-0.25, -0.2) is 0 Å². The topological polar surface area (TPSA) is 33.1 Å². The molecule has 0 radical (unpaired) electrons. The summed E-state index contributed by atoms with van der Waals surface area (Å²) in [6.45, 7) is 35.3. The van der Waals surface area contributed by atoms with Crippen molar-refractivity contribution in [1.82, 2.24) is 4.98 Å². The maximum Gasteiger partial charge on any atom is 2.00 e. The van der Waals surface area contributed by atoms with Gasteiger partial charge in [-0.2, -0.15) is 0 Å². The third-order valence-electron chi connectivity index (χ3n) is 13.4. The summed E-state index contributed by atoms with van der Waals surface area (Å²) < 4.78 is 0. The minimum absolute atomic E-state index is 0. The van der Waals surface area contributed by atoms with Gasteiger partial charge in [-0.1, -0.05) is 258 Å². The van der Waals surface area contributed by atoms with Crippen LogP contribution in [0.4, 0.5) is 0 Å². The zero-order valence-corrected chi connectivity index (χ0v) is 49.9. The molecule has 74 heavy (non-hydrogen) atoms. The van der Waals surface area contributed by atoms with Gasteiger partial charge in [0, 0.05) is 17.5 Å². The van der Waals surface area contributed by atoms with Gasteiger partial charge in [-0.05, 0) is 104 Å². The molecule has 0 bridgehead atoms. The number of aromatic nitrogens is 1. The first-order valence-corrected chi connectivity index (χ1v) is 25.5. The Labute approximate surface area is 463 Å². The minimum atomic E-state index is -0.0186. The molecule has 0 saturated heterocycles. The smallest absolute Gasteiger partial charge is 0.507 e. The van der Waals surface area contributed by atoms with Crippen molar-refractivity contribution in [2.24, 2.45) is 0 Å². The van der Waals surface area contributed by atoms with Gasteiger partial charge < -0.3 is 12.5 Å². The first-order valence-electron chi connectivity index (χ1n) is 25.5. The van der Waals surface area contributed by atoms with Gasteiger partial charge in [0.2, 0.25) is 0 Å². The van der Waals surface area contributed by atoms with E-state index in [0.717, 1.165) is 39.9 Å². The zero-order chi connectivity index (χ0) is 53.2. The zero-order valence-electron chi connectivity index (χ0n) is 47.7. The van der Waals surface area contributed by atoms with Crippen molar-refractivity contribution >= 4 is 0 Å². The van der Waals surface area contributed by atoms with Crippen LogP contribution in [-0.2, 0) is 49.1 Å². The number of pyridine rings is 1. The summed E-state index contributed by atoms with van der Waals surface area (Å²) in [6.07, 6.45) is 10.9. The molecule has 8 rings (SSSR count). The Kier molecular flexibility index (Phi) is 22.0. The van der Waals surface area contributed by atoms with Crippen molar-refractivity contribution in [3.63, 3.8) is 0 Å². The first-order chi connectivity index (χ1) is 33.9. The summed E-state index contributed by atoms with van der Waals surface area (Å²) >= 11 is 0. The Morgan fingerprint density at radius 1 is 0.459 bits per heavy atom. The molecule has 1 N–H and O–H groups in total. The van der Waals surface area contributed by atoms with Gasteiger partial charge in [0.25, 0.3) is 0 Å². The van der Waals surface area contributed by atoms with Crippen LogP contribution in [-0.4, -0.2) is 10.1 Å². The maximum atomic E-state index is 10.3. The molecule has 0 spiro atoms. The number of hydrogen-bond acceptors (Lipinski definition) is 2. The largest absolute Gasteiger partial charge is 2.00 e. The molecule has 2 nitrogen and oxygen atoms in total. The standard InChI is InChI=1S/C35H32N.C17H20.C16H26O.C2H2.CH3.Pt/c1-24-13-12-18-31(25(24)2)28-19-29(21-30(20-28)35(3,4)5)34-22-32(26-14-8-6-9-15-26)33(23-36-34)27-16-10-7-11-17-27;1-13-10-11-15(17(2,3)4)12-16(13)14-8-6-5-7-9-14;1-8-11-9-12(15(2,3)4)10-13(14(11)17)16(5,6)7;1-2;;/h6-18,20-23H,1-5H3;5-12H,1-4H3;9-10,17H,8H2,1-7H3;1-2H;1H3;/q-1;;;;-1;+2. The SMILES string of the molecule is C#C.CCc1cc(C(C)(C)C)cc(C(C)(C)C)c1O.Cc1ccc(C(C)(C)C)cc1-c1ccccc1.Cc1cccc(-c2[c-]c(-c3cc(-c4ccccc4)c(-c4ccccc4)cn3)cc(C(C)(C)C)c2)c1C.[CH3-].[Pt+2]. The van der Waals surface area contributed by atoms with Crippen LogP contribution < -0.4 is 0 Å². The second kappa shape index (κ2) is 26.3. The van der Waals surface area contributed by atoms with E-state index < -0.39 is 0 Å². The molecule has 0 amide bonds. The molecule has 0 aliphatic carbocycles. The summed E-state index contributed by atoms with van der Waals surface area (Å²) in [6, 6.07) is 59.8. The van der Waals surface area contributed by atoms with E-state index in [2.05, 4.69) is 287 Å². The van der Waals surface area contributed by atoms with E-state index in [4.69, 9.17) is 4.98 Å². The molecular formula is C71H83NOPt. The Hall–Kier alpha value is -6.26. The molecule has 0 fully saturated rings.